The molecule has 0 aromatic heterocycles. The number of ether oxygens (including phenoxy) is 1. The molecule has 0 aromatic rings. The number of rotatable bonds is 7. The predicted octanol–water partition coefficient (Wildman–Crippen LogP) is 2.49. The van der Waals surface area contributed by atoms with E-state index in [0.717, 1.165) is 39.1 Å². The average molecular weight is 311 g/mol. The first-order valence-corrected chi connectivity index (χ1v) is 9.01. The fourth-order valence-electron chi connectivity index (χ4n) is 4.10. The van der Waals surface area contributed by atoms with Gasteiger partial charge in [0, 0.05) is 18.4 Å². The number of nitrogens with zero attached hydrogens (tertiary/aromatic N) is 1. The Bertz CT molecular complexity index is 338. The lowest BCUT2D eigenvalue weighted by Gasteiger charge is -2.46. The predicted molar refractivity (Wildman–Crippen MR) is 87.8 cm³/mol. The number of aliphatic hydroxyl groups is 1. The van der Waals surface area contributed by atoms with Crippen LogP contribution >= 0.6 is 0 Å². The van der Waals surface area contributed by atoms with Gasteiger partial charge >= 0.3 is 0 Å². The zero-order valence-corrected chi connectivity index (χ0v) is 14.4. The number of carbonyl (C=O) groups excluding carboxylic acids is 1. The molecule has 0 radical (unpaired) electrons. The molecule has 1 aliphatic heterocycles. The van der Waals surface area contributed by atoms with Crippen LogP contribution in [0.1, 0.15) is 52.4 Å². The molecule has 1 aliphatic carbocycles. The molecule has 0 aromatic carbocycles. The van der Waals surface area contributed by atoms with Gasteiger partial charge in [-0.1, -0.05) is 13.8 Å². The Morgan fingerprint density at radius 2 is 1.82 bits per heavy atom. The van der Waals surface area contributed by atoms with Crippen molar-refractivity contribution in [1.29, 1.82) is 0 Å². The second kappa shape index (κ2) is 8.42. The van der Waals surface area contributed by atoms with Crippen LogP contribution in [-0.4, -0.2) is 55.2 Å². The van der Waals surface area contributed by atoms with Crippen LogP contribution in [0.4, 0.5) is 0 Å². The van der Waals surface area contributed by atoms with Gasteiger partial charge in [0.2, 0.25) is 0 Å². The fraction of sp³-hybridized carbons (Fsp3) is 0.944. The zero-order chi connectivity index (χ0) is 16.0. The molecule has 0 atom stereocenters. The van der Waals surface area contributed by atoms with Crippen LogP contribution in [0.15, 0.2) is 0 Å². The van der Waals surface area contributed by atoms with E-state index >= 15 is 0 Å². The number of likely N-dealkylation sites (tertiary alicyclic amines) is 1. The first-order chi connectivity index (χ1) is 10.6. The van der Waals surface area contributed by atoms with Gasteiger partial charge in [-0.05, 0) is 57.0 Å². The summed E-state index contributed by atoms with van der Waals surface area (Å²) in [4.78, 5) is 14.6. The van der Waals surface area contributed by atoms with Gasteiger partial charge in [0.15, 0.2) is 0 Å². The fourth-order valence-corrected chi connectivity index (χ4v) is 4.10. The summed E-state index contributed by atoms with van der Waals surface area (Å²) in [7, 11) is 0. The van der Waals surface area contributed by atoms with Gasteiger partial charge in [0.1, 0.15) is 5.78 Å². The Labute approximate surface area is 135 Å². The highest BCUT2D eigenvalue weighted by atomic mass is 16.5. The van der Waals surface area contributed by atoms with Gasteiger partial charge in [-0.25, -0.2) is 0 Å². The van der Waals surface area contributed by atoms with Gasteiger partial charge in [-0.2, -0.15) is 0 Å². The lowest BCUT2D eigenvalue weighted by atomic mass is 9.64. The van der Waals surface area contributed by atoms with E-state index in [1.54, 1.807) is 0 Å². The molecule has 2 aliphatic rings. The minimum Gasteiger partial charge on any atom is -0.394 e. The highest BCUT2D eigenvalue weighted by molar-refractivity contribution is 5.82. The first-order valence-electron chi connectivity index (χ1n) is 9.01. The Morgan fingerprint density at radius 1 is 1.18 bits per heavy atom. The van der Waals surface area contributed by atoms with E-state index in [4.69, 9.17) is 9.84 Å². The third-order valence-corrected chi connectivity index (χ3v) is 5.72. The largest absolute Gasteiger partial charge is 0.394 e. The average Bonchev–Trinajstić information content (AvgIpc) is 2.53. The maximum atomic E-state index is 12.2. The molecule has 128 valence electrons. The van der Waals surface area contributed by atoms with Crippen molar-refractivity contribution >= 4 is 5.78 Å². The van der Waals surface area contributed by atoms with E-state index in [1.165, 1.54) is 25.7 Å². The second-order valence-electron chi connectivity index (χ2n) is 7.51. The molecule has 1 saturated heterocycles. The number of hydrogen-bond acceptors (Lipinski definition) is 4. The molecule has 1 spiro atoms. The van der Waals surface area contributed by atoms with Crippen molar-refractivity contribution in [2.24, 2.45) is 17.3 Å². The molecule has 22 heavy (non-hydrogen) atoms. The van der Waals surface area contributed by atoms with Crippen LogP contribution in [0.2, 0.25) is 0 Å². The van der Waals surface area contributed by atoms with Crippen molar-refractivity contribution in [2.45, 2.75) is 52.4 Å². The topological polar surface area (TPSA) is 49.8 Å². The highest BCUT2D eigenvalue weighted by Gasteiger charge is 2.39. The molecule has 0 unspecified atom stereocenters. The number of hydrogen-bond donors (Lipinski definition) is 1. The lowest BCUT2D eigenvalue weighted by Crippen LogP contribution is -2.43. The maximum Gasteiger partial charge on any atom is 0.138 e. The summed E-state index contributed by atoms with van der Waals surface area (Å²) < 4.78 is 5.36. The number of ketones is 1. The van der Waals surface area contributed by atoms with E-state index < -0.39 is 0 Å². The first kappa shape index (κ1) is 17.9. The monoisotopic (exact) mass is 311 g/mol. The van der Waals surface area contributed by atoms with Gasteiger partial charge in [0.05, 0.1) is 19.8 Å². The van der Waals surface area contributed by atoms with Gasteiger partial charge in [0.25, 0.3) is 0 Å². The molecule has 0 bridgehead atoms. The molecular formula is C18H33NO3. The van der Waals surface area contributed by atoms with Crippen LogP contribution in [0.3, 0.4) is 0 Å². The van der Waals surface area contributed by atoms with Crippen molar-refractivity contribution in [3.63, 3.8) is 0 Å². The van der Waals surface area contributed by atoms with Crippen LogP contribution in [0.25, 0.3) is 0 Å². The van der Waals surface area contributed by atoms with Crippen LogP contribution < -0.4 is 0 Å². The number of piperidine rings is 1. The normalized spacial score (nSPS) is 23.3. The van der Waals surface area contributed by atoms with Gasteiger partial charge < -0.3 is 14.7 Å². The van der Waals surface area contributed by atoms with Crippen molar-refractivity contribution in [3.05, 3.63) is 0 Å². The van der Waals surface area contributed by atoms with Crippen molar-refractivity contribution in [3.8, 4) is 0 Å². The summed E-state index contributed by atoms with van der Waals surface area (Å²) in [5.41, 5.74) is 0.510. The highest BCUT2D eigenvalue weighted by Crippen LogP contribution is 2.46. The summed E-state index contributed by atoms with van der Waals surface area (Å²) in [5, 5.41) is 8.70. The molecule has 1 heterocycles. The molecule has 2 fully saturated rings. The van der Waals surface area contributed by atoms with E-state index in [1.807, 2.05) is 13.8 Å². The summed E-state index contributed by atoms with van der Waals surface area (Å²) in [5.74, 6) is 1.00. The quantitative estimate of drug-likeness (QED) is 0.734. The van der Waals surface area contributed by atoms with E-state index in [9.17, 15) is 4.79 Å². The maximum absolute atomic E-state index is 12.2. The molecule has 4 nitrogen and oxygen atoms in total. The molecule has 1 saturated carbocycles. The van der Waals surface area contributed by atoms with Crippen molar-refractivity contribution in [2.75, 3.05) is 39.5 Å². The van der Waals surface area contributed by atoms with E-state index in [0.29, 0.717) is 23.7 Å². The number of aliphatic hydroxyl groups excluding tert-OH is 1. The SMILES string of the molecule is CC(C)C(=O)C1CCC2(CC1)CCN(CCOCCO)CC2. The summed E-state index contributed by atoms with van der Waals surface area (Å²) >= 11 is 0. The third kappa shape index (κ3) is 4.77. The Morgan fingerprint density at radius 3 is 2.36 bits per heavy atom. The van der Waals surface area contributed by atoms with Crippen molar-refractivity contribution in [1.82, 2.24) is 4.90 Å². The Balaban J connectivity index is 1.69. The number of Topliss-reactive ketones (excluding diaryl/α,β-unsaturated/α-hetero) is 1. The van der Waals surface area contributed by atoms with Crippen molar-refractivity contribution < 1.29 is 14.6 Å². The molecule has 1 N–H and O–H groups in total. The summed E-state index contributed by atoms with van der Waals surface area (Å²) in [6.45, 7) is 8.64. The third-order valence-electron chi connectivity index (χ3n) is 5.72. The molecule has 0 amide bonds. The summed E-state index contributed by atoms with van der Waals surface area (Å²) in [6.07, 6.45) is 7.24. The Hall–Kier alpha value is -0.450. The number of carbonyl (C=O) groups is 1. The van der Waals surface area contributed by atoms with E-state index in [-0.39, 0.29) is 12.5 Å². The Kier molecular flexibility index (Phi) is 6.85. The second-order valence-corrected chi connectivity index (χ2v) is 7.51. The lowest BCUT2D eigenvalue weighted by molar-refractivity contribution is -0.128. The van der Waals surface area contributed by atoms with Gasteiger partial charge in [-0.3, -0.25) is 4.79 Å². The standard InChI is InChI=1S/C18H33NO3/c1-15(2)17(21)16-3-5-18(6-4-16)7-9-19(10-8-18)11-13-22-14-12-20/h15-16,20H,3-14H2,1-2H3. The molecule has 4 heteroatoms. The molecular weight excluding hydrogens is 278 g/mol. The van der Waals surface area contributed by atoms with E-state index in [2.05, 4.69) is 4.90 Å². The molecule has 2 rings (SSSR count). The summed E-state index contributed by atoms with van der Waals surface area (Å²) in [6, 6.07) is 0. The smallest absolute Gasteiger partial charge is 0.138 e. The minimum atomic E-state index is 0.110. The zero-order valence-electron chi connectivity index (χ0n) is 14.4. The minimum absolute atomic E-state index is 0.110. The van der Waals surface area contributed by atoms with Crippen LogP contribution in [0, 0.1) is 17.3 Å². The van der Waals surface area contributed by atoms with Crippen LogP contribution in [0.5, 0.6) is 0 Å². The van der Waals surface area contributed by atoms with Gasteiger partial charge in [-0.15, -0.1) is 0 Å². The van der Waals surface area contributed by atoms with Crippen LogP contribution in [-0.2, 0) is 9.53 Å².